The maximum absolute atomic E-state index is 12.8. The molecule has 0 unspecified atom stereocenters. The van der Waals surface area contributed by atoms with Crippen LogP contribution in [-0.2, 0) is 0 Å². The van der Waals surface area contributed by atoms with E-state index in [1.54, 1.807) is 0 Å². The van der Waals surface area contributed by atoms with Crippen molar-refractivity contribution in [3.05, 3.63) is 29.0 Å². The van der Waals surface area contributed by atoms with Crippen LogP contribution in [0.3, 0.4) is 0 Å². The second-order valence-corrected chi connectivity index (χ2v) is 3.10. The zero-order chi connectivity index (χ0) is 9.84. The number of nitrogens with two attached hydrogens (primary N) is 1. The molecule has 0 aliphatic carbocycles. The van der Waals surface area contributed by atoms with E-state index >= 15 is 0 Å². The molecule has 0 heterocycles. The van der Waals surface area contributed by atoms with Crippen molar-refractivity contribution in [3.8, 4) is 0 Å². The smallest absolute Gasteiger partial charge is 0.185 e. The first-order valence-electron chi connectivity index (χ1n) is 3.35. The highest BCUT2D eigenvalue weighted by Gasteiger charge is 1.99. The molecule has 1 aromatic rings. The number of rotatable bonds is 1. The first-order chi connectivity index (χ1) is 6.11. The van der Waals surface area contributed by atoms with Crippen molar-refractivity contribution < 1.29 is 4.39 Å². The van der Waals surface area contributed by atoms with Gasteiger partial charge in [-0.3, -0.25) is 0 Å². The van der Waals surface area contributed by atoms with Crippen molar-refractivity contribution >= 4 is 34.6 Å². The van der Waals surface area contributed by atoms with Gasteiger partial charge in [-0.1, -0.05) is 11.6 Å². The Labute approximate surface area is 85.0 Å². The minimum absolute atomic E-state index is 0.196. The summed E-state index contributed by atoms with van der Waals surface area (Å²) >= 11 is 10.3. The first-order valence-corrected chi connectivity index (χ1v) is 4.14. The van der Waals surface area contributed by atoms with Crippen molar-refractivity contribution in [2.45, 2.75) is 0 Å². The number of hydrogen-bond acceptors (Lipinski definition) is 2. The second-order valence-electron chi connectivity index (χ2n) is 2.26. The lowest BCUT2D eigenvalue weighted by atomic mass is 10.3. The van der Waals surface area contributed by atoms with E-state index in [0.717, 1.165) is 0 Å². The molecule has 4 N–H and O–H groups in total. The summed E-state index contributed by atoms with van der Waals surface area (Å²) in [6, 6.07) is 4.00. The summed E-state index contributed by atoms with van der Waals surface area (Å²) in [7, 11) is 0. The van der Waals surface area contributed by atoms with Crippen molar-refractivity contribution in [3.63, 3.8) is 0 Å². The summed E-state index contributed by atoms with van der Waals surface area (Å²) < 4.78 is 12.8. The molecule has 0 bridgehead atoms. The first kappa shape index (κ1) is 10.2. The Morgan fingerprint density at radius 1 is 1.46 bits per heavy atom. The monoisotopic (exact) mass is 219 g/mol. The van der Waals surface area contributed by atoms with Crippen molar-refractivity contribution in [1.29, 1.82) is 0 Å². The molecule has 0 aliphatic rings. The van der Waals surface area contributed by atoms with Crippen LogP contribution in [0.2, 0.25) is 5.02 Å². The Morgan fingerprint density at radius 2 is 2.15 bits per heavy atom. The summed E-state index contributed by atoms with van der Waals surface area (Å²) in [4.78, 5) is 0. The molecule has 3 nitrogen and oxygen atoms in total. The standard InChI is InChI=1S/C7H7ClFN3S/c8-4-1-5(9)3-6(2-4)11-7(13)12-10/h1-3H,10H2,(H2,11,12,13). The molecule has 0 aromatic heterocycles. The minimum Gasteiger partial charge on any atom is -0.332 e. The van der Waals surface area contributed by atoms with Gasteiger partial charge >= 0.3 is 0 Å². The average molecular weight is 220 g/mol. The molecule has 0 saturated carbocycles. The van der Waals surface area contributed by atoms with E-state index in [-0.39, 0.29) is 5.11 Å². The van der Waals surface area contributed by atoms with E-state index < -0.39 is 5.82 Å². The molecule has 6 heteroatoms. The average Bonchev–Trinajstić information content (AvgIpc) is 2.02. The third-order valence-electron chi connectivity index (χ3n) is 1.25. The van der Waals surface area contributed by atoms with Crippen LogP contribution in [0.25, 0.3) is 0 Å². The van der Waals surface area contributed by atoms with Crippen LogP contribution in [0.5, 0.6) is 0 Å². The van der Waals surface area contributed by atoms with Gasteiger partial charge in [-0.25, -0.2) is 10.2 Å². The summed E-state index contributed by atoms with van der Waals surface area (Å²) in [6.07, 6.45) is 0. The highest BCUT2D eigenvalue weighted by molar-refractivity contribution is 7.80. The number of hydrogen-bond donors (Lipinski definition) is 3. The van der Waals surface area contributed by atoms with E-state index in [4.69, 9.17) is 29.7 Å². The maximum Gasteiger partial charge on any atom is 0.185 e. The Morgan fingerprint density at radius 3 is 2.69 bits per heavy atom. The fourth-order valence-electron chi connectivity index (χ4n) is 0.793. The van der Waals surface area contributed by atoms with Gasteiger partial charge in [0.25, 0.3) is 0 Å². The minimum atomic E-state index is -0.435. The Kier molecular flexibility index (Phi) is 3.41. The number of hydrazine groups is 1. The van der Waals surface area contributed by atoms with Gasteiger partial charge in [0.05, 0.1) is 0 Å². The quantitative estimate of drug-likeness (QED) is 0.382. The van der Waals surface area contributed by atoms with Gasteiger partial charge in [0.15, 0.2) is 5.11 Å². The van der Waals surface area contributed by atoms with Gasteiger partial charge in [0, 0.05) is 10.7 Å². The van der Waals surface area contributed by atoms with Crippen molar-refractivity contribution in [1.82, 2.24) is 5.43 Å². The van der Waals surface area contributed by atoms with Gasteiger partial charge in [-0.05, 0) is 30.4 Å². The van der Waals surface area contributed by atoms with Gasteiger partial charge in [0.2, 0.25) is 0 Å². The van der Waals surface area contributed by atoms with E-state index in [1.165, 1.54) is 18.2 Å². The number of nitrogens with one attached hydrogen (secondary N) is 2. The highest BCUT2D eigenvalue weighted by Crippen LogP contribution is 2.17. The van der Waals surface area contributed by atoms with Crippen molar-refractivity contribution in [2.24, 2.45) is 5.84 Å². The third-order valence-corrected chi connectivity index (χ3v) is 1.69. The predicted octanol–water partition coefficient (Wildman–Crippen LogP) is 1.64. The van der Waals surface area contributed by atoms with Crippen LogP contribution in [-0.4, -0.2) is 5.11 Å². The SMILES string of the molecule is NNC(=S)Nc1cc(F)cc(Cl)c1. The third kappa shape index (κ3) is 3.14. The van der Waals surface area contributed by atoms with E-state index in [0.29, 0.717) is 10.7 Å². The molecule has 1 aromatic carbocycles. The summed E-state index contributed by atoms with van der Waals surface area (Å²) in [5.41, 5.74) is 2.66. The van der Waals surface area contributed by atoms with Crippen LogP contribution in [0.4, 0.5) is 10.1 Å². The molecule has 0 atom stereocenters. The zero-order valence-corrected chi connectivity index (χ0v) is 8.05. The molecule has 0 fully saturated rings. The Balaban J connectivity index is 2.83. The van der Waals surface area contributed by atoms with Crippen molar-refractivity contribution in [2.75, 3.05) is 5.32 Å². The largest absolute Gasteiger partial charge is 0.332 e. The molecule has 1 rings (SSSR count). The number of anilines is 1. The van der Waals surface area contributed by atoms with Crippen LogP contribution in [0.1, 0.15) is 0 Å². The Bertz CT molecular complexity index is 311. The Hall–Kier alpha value is -0.910. The molecule has 0 spiro atoms. The second kappa shape index (κ2) is 4.36. The van der Waals surface area contributed by atoms with Gasteiger partial charge in [-0.2, -0.15) is 0 Å². The van der Waals surface area contributed by atoms with Crippen LogP contribution in [0.15, 0.2) is 18.2 Å². The van der Waals surface area contributed by atoms with Crippen LogP contribution in [0, 0.1) is 5.82 Å². The lowest BCUT2D eigenvalue weighted by molar-refractivity contribution is 0.628. The molecular weight excluding hydrogens is 213 g/mol. The number of benzene rings is 1. The van der Waals surface area contributed by atoms with E-state index in [9.17, 15) is 4.39 Å². The normalized spacial score (nSPS) is 9.46. The van der Waals surface area contributed by atoms with E-state index in [1.807, 2.05) is 0 Å². The lowest BCUT2D eigenvalue weighted by Gasteiger charge is -2.06. The predicted molar refractivity (Wildman–Crippen MR) is 55.0 cm³/mol. The van der Waals surface area contributed by atoms with Gasteiger partial charge < -0.3 is 10.7 Å². The molecule has 13 heavy (non-hydrogen) atoms. The van der Waals surface area contributed by atoms with Gasteiger partial charge in [-0.15, -0.1) is 0 Å². The van der Waals surface area contributed by atoms with Crippen LogP contribution >= 0.6 is 23.8 Å². The lowest BCUT2D eigenvalue weighted by Crippen LogP contribution is -2.34. The number of halogens is 2. The molecule has 0 radical (unpaired) electrons. The maximum atomic E-state index is 12.8. The molecule has 0 saturated heterocycles. The molecule has 70 valence electrons. The van der Waals surface area contributed by atoms with Crippen LogP contribution < -0.4 is 16.6 Å². The summed E-state index contributed by atoms with van der Waals surface area (Å²) in [6.45, 7) is 0. The number of thiocarbonyl (C=S) groups is 1. The fourth-order valence-corrected chi connectivity index (χ4v) is 1.13. The topological polar surface area (TPSA) is 50.1 Å². The molecule has 0 aliphatic heterocycles. The summed E-state index contributed by atoms with van der Waals surface area (Å²) in [5.74, 6) is 4.58. The highest BCUT2D eigenvalue weighted by atomic mass is 35.5. The molecular formula is C7H7ClFN3S. The zero-order valence-electron chi connectivity index (χ0n) is 6.47. The fraction of sp³-hybridized carbons (Fsp3) is 0. The molecule has 0 amide bonds. The summed E-state index contributed by atoms with van der Waals surface area (Å²) in [5, 5.41) is 3.13. The van der Waals surface area contributed by atoms with E-state index in [2.05, 4.69) is 10.7 Å². The van der Waals surface area contributed by atoms with Gasteiger partial charge in [0.1, 0.15) is 5.82 Å².